The van der Waals surface area contributed by atoms with Gasteiger partial charge in [0.05, 0.1) is 5.92 Å². The molecule has 2 fully saturated rings. The third-order valence-electron chi connectivity index (χ3n) is 4.47. The van der Waals surface area contributed by atoms with Gasteiger partial charge in [0.1, 0.15) is 0 Å². The highest BCUT2D eigenvalue weighted by molar-refractivity contribution is 5.85. The molecule has 2 atom stereocenters. The number of nitrogens with two attached hydrogens (primary N) is 1. The number of rotatable bonds is 2. The van der Waals surface area contributed by atoms with Crippen LogP contribution in [-0.2, 0) is 4.79 Å². The van der Waals surface area contributed by atoms with Crippen LogP contribution in [0.4, 0.5) is 13.2 Å². The smallest absolute Gasteiger partial charge is 0.343 e. The van der Waals surface area contributed by atoms with Gasteiger partial charge in [0, 0.05) is 25.6 Å². The zero-order valence-corrected chi connectivity index (χ0v) is 12.2. The fraction of sp³-hybridized carbons (Fsp3) is 0.923. The van der Waals surface area contributed by atoms with E-state index in [1.165, 1.54) is 0 Å². The van der Waals surface area contributed by atoms with Crippen LogP contribution in [0.25, 0.3) is 0 Å². The van der Waals surface area contributed by atoms with Crippen LogP contribution in [0.5, 0.6) is 0 Å². The Morgan fingerprint density at radius 2 is 1.75 bits per heavy atom. The summed E-state index contributed by atoms with van der Waals surface area (Å²) in [5.41, 5.74) is 5.92. The Hall–Kier alpha value is -0.490. The minimum Gasteiger partial charge on any atom is -0.343 e. The molecule has 118 valence electrons. The Bertz CT molecular complexity index is 330. The molecule has 0 aromatic carbocycles. The zero-order valence-electron chi connectivity index (χ0n) is 11.4. The van der Waals surface area contributed by atoms with Crippen molar-refractivity contribution in [1.29, 1.82) is 0 Å². The van der Waals surface area contributed by atoms with Crippen molar-refractivity contribution >= 4 is 18.3 Å². The second-order valence-corrected chi connectivity index (χ2v) is 5.76. The summed E-state index contributed by atoms with van der Waals surface area (Å²) in [6, 6.07) is 0.0802. The standard InChI is InChI=1S/C13H21F3N2O.ClH/c14-13(15,16)10-4-6-18(7-5-10)12(19)8-9-2-1-3-11(9)17;/h9-11H,1-8,17H2;1H/t9-,11+;/m0./s1. The van der Waals surface area contributed by atoms with E-state index in [1.807, 2.05) is 0 Å². The molecule has 1 saturated heterocycles. The molecule has 1 saturated carbocycles. The van der Waals surface area contributed by atoms with Gasteiger partial charge in [-0.1, -0.05) is 6.42 Å². The number of alkyl halides is 3. The van der Waals surface area contributed by atoms with Crippen LogP contribution in [0.1, 0.15) is 38.5 Å². The van der Waals surface area contributed by atoms with Gasteiger partial charge in [0.25, 0.3) is 0 Å². The highest BCUT2D eigenvalue weighted by atomic mass is 35.5. The first-order valence-electron chi connectivity index (χ1n) is 6.98. The molecule has 2 rings (SSSR count). The fourth-order valence-corrected chi connectivity index (χ4v) is 3.13. The second-order valence-electron chi connectivity index (χ2n) is 5.76. The van der Waals surface area contributed by atoms with E-state index < -0.39 is 12.1 Å². The molecule has 1 amide bonds. The molecule has 2 N–H and O–H groups in total. The van der Waals surface area contributed by atoms with E-state index in [1.54, 1.807) is 4.90 Å². The number of likely N-dealkylation sites (tertiary alicyclic amines) is 1. The summed E-state index contributed by atoms with van der Waals surface area (Å²) in [6.07, 6.45) is -0.687. The lowest BCUT2D eigenvalue weighted by Gasteiger charge is -2.33. The molecule has 0 radical (unpaired) electrons. The van der Waals surface area contributed by atoms with Gasteiger partial charge in [-0.2, -0.15) is 13.2 Å². The fourth-order valence-electron chi connectivity index (χ4n) is 3.13. The summed E-state index contributed by atoms with van der Waals surface area (Å²) < 4.78 is 37.6. The van der Waals surface area contributed by atoms with Gasteiger partial charge in [0.15, 0.2) is 0 Å². The molecule has 20 heavy (non-hydrogen) atoms. The van der Waals surface area contributed by atoms with Crippen LogP contribution in [0.15, 0.2) is 0 Å². The first-order chi connectivity index (χ1) is 8.88. The predicted molar refractivity (Wildman–Crippen MR) is 72.5 cm³/mol. The third-order valence-corrected chi connectivity index (χ3v) is 4.47. The van der Waals surface area contributed by atoms with Crippen LogP contribution in [0.2, 0.25) is 0 Å². The van der Waals surface area contributed by atoms with E-state index in [0.29, 0.717) is 6.42 Å². The van der Waals surface area contributed by atoms with Gasteiger partial charge in [-0.3, -0.25) is 4.79 Å². The number of amides is 1. The molecule has 1 aliphatic carbocycles. The number of carbonyl (C=O) groups excluding carboxylic acids is 1. The zero-order chi connectivity index (χ0) is 14.0. The maximum absolute atomic E-state index is 12.5. The average molecular weight is 315 g/mol. The Morgan fingerprint density at radius 1 is 1.15 bits per heavy atom. The van der Waals surface area contributed by atoms with Crippen molar-refractivity contribution in [2.45, 2.75) is 50.7 Å². The van der Waals surface area contributed by atoms with E-state index in [2.05, 4.69) is 0 Å². The molecular weight excluding hydrogens is 293 g/mol. The molecule has 1 aliphatic heterocycles. The van der Waals surface area contributed by atoms with E-state index >= 15 is 0 Å². The number of halogens is 4. The topological polar surface area (TPSA) is 46.3 Å². The van der Waals surface area contributed by atoms with E-state index in [-0.39, 0.29) is 56.2 Å². The third kappa shape index (κ3) is 4.25. The quantitative estimate of drug-likeness (QED) is 0.852. The van der Waals surface area contributed by atoms with Crippen LogP contribution in [0.3, 0.4) is 0 Å². The number of nitrogens with zero attached hydrogens (tertiary/aromatic N) is 1. The normalized spacial score (nSPS) is 28.3. The van der Waals surface area contributed by atoms with Crippen molar-refractivity contribution in [1.82, 2.24) is 4.90 Å². The highest BCUT2D eigenvalue weighted by Crippen LogP contribution is 2.35. The summed E-state index contributed by atoms with van der Waals surface area (Å²) >= 11 is 0. The summed E-state index contributed by atoms with van der Waals surface area (Å²) in [6.45, 7) is 0.454. The first-order valence-corrected chi connectivity index (χ1v) is 6.98. The number of hydrogen-bond acceptors (Lipinski definition) is 2. The van der Waals surface area contributed by atoms with E-state index in [4.69, 9.17) is 5.73 Å². The maximum atomic E-state index is 12.5. The lowest BCUT2D eigenvalue weighted by atomic mass is 9.94. The summed E-state index contributed by atoms with van der Waals surface area (Å²) in [5.74, 6) is -1.05. The van der Waals surface area contributed by atoms with Gasteiger partial charge < -0.3 is 10.6 Å². The van der Waals surface area contributed by atoms with Crippen LogP contribution < -0.4 is 5.73 Å². The number of piperidine rings is 1. The highest BCUT2D eigenvalue weighted by Gasteiger charge is 2.42. The SMILES string of the molecule is Cl.N[C@@H]1CCC[C@H]1CC(=O)N1CCC(C(F)(F)F)CC1. The van der Waals surface area contributed by atoms with Crippen LogP contribution in [-0.4, -0.2) is 36.1 Å². The van der Waals surface area contributed by atoms with Crippen molar-refractivity contribution in [3.8, 4) is 0 Å². The van der Waals surface area contributed by atoms with Crippen molar-refractivity contribution in [2.24, 2.45) is 17.6 Å². The van der Waals surface area contributed by atoms with Gasteiger partial charge in [-0.15, -0.1) is 12.4 Å². The number of carbonyl (C=O) groups is 1. The molecule has 1 heterocycles. The largest absolute Gasteiger partial charge is 0.391 e. The van der Waals surface area contributed by atoms with Crippen molar-refractivity contribution < 1.29 is 18.0 Å². The Labute approximate surface area is 123 Å². The molecule has 0 bridgehead atoms. The van der Waals surface area contributed by atoms with E-state index in [0.717, 1.165) is 19.3 Å². The minimum absolute atomic E-state index is 0. The summed E-state index contributed by atoms with van der Waals surface area (Å²) in [4.78, 5) is 13.6. The Kier molecular flexibility index (Phi) is 6.13. The molecule has 7 heteroatoms. The van der Waals surface area contributed by atoms with E-state index in [9.17, 15) is 18.0 Å². The molecule has 0 aromatic rings. The minimum atomic E-state index is -4.12. The van der Waals surface area contributed by atoms with Crippen molar-refractivity contribution in [2.75, 3.05) is 13.1 Å². The van der Waals surface area contributed by atoms with Gasteiger partial charge in [0.2, 0.25) is 5.91 Å². The lowest BCUT2D eigenvalue weighted by Crippen LogP contribution is -2.43. The maximum Gasteiger partial charge on any atom is 0.391 e. The molecule has 2 aliphatic rings. The first kappa shape index (κ1) is 17.6. The lowest BCUT2D eigenvalue weighted by molar-refractivity contribution is -0.186. The monoisotopic (exact) mass is 314 g/mol. The molecular formula is C13H22ClF3N2O. The second kappa shape index (κ2) is 6.98. The average Bonchev–Trinajstić information content (AvgIpc) is 2.74. The molecule has 0 aromatic heterocycles. The predicted octanol–water partition coefficient (Wildman–Crippen LogP) is 2.73. The molecule has 0 spiro atoms. The van der Waals surface area contributed by atoms with Crippen molar-refractivity contribution in [3.63, 3.8) is 0 Å². The van der Waals surface area contributed by atoms with Crippen LogP contribution in [0, 0.1) is 11.8 Å². The summed E-state index contributed by atoms with van der Waals surface area (Å²) in [5, 5.41) is 0. The Balaban J connectivity index is 0.00000200. The van der Waals surface area contributed by atoms with Crippen LogP contribution >= 0.6 is 12.4 Å². The van der Waals surface area contributed by atoms with Crippen molar-refractivity contribution in [3.05, 3.63) is 0 Å². The van der Waals surface area contributed by atoms with Gasteiger partial charge >= 0.3 is 6.18 Å². The van der Waals surface area contributed by atoms with Gasteiger partial charge in [-0.05, 0) is 31.6 Å². The molecule has 0 unspecified atom stereocenters. The Morgan fingerprint density at radius 3 is 2.20 bits per heavy atom. The number of hydrogen-bond donors (Lipinski definition) is 1. The summed E-state index contributed by atoms with van der Waals surface area (Å²) in [7, 11) is 0. The molecule has 3 nitrogen and oxygen atoms in total. The van der Waals surface area contributed by atoms with Gasteiger partial charge in [-0.25, -0.2) is 0 Å².